The highest BCUT2D eigenvalue weighted by Gasteiger charge is 2.24. The number of carbonyl (C=O) groups is 2. The lowest BCUT2D eigenvalue weighted by atomic mass is 9.83. The molecule has 2 N–H and O–H groups in total. The molecule has 0 atom stereocenters. The van der Waals surface area contributed by atoms with Crippen LogP contribution in [0.25, 0.3) is 11.1 Å². The molecule has 0 spiro atoms. The molecule has 8 heteroatoms. The van der Waals surface area contributed by atoms with Gasteiger partial charge in [0.05, 0.1) is 11.3 Å². The minimum atomic E-state index is -4.00. The molecule has 39 heavy (non-hydrogen) atoms. The van der Waals surface area contributed by atoms with E-state index in [0.29, 0.717) is 18.7 Å². The molecule has 3 aromatic rings. The molecule has 4 rings (SSSR count). The second kappa shape index (κ2) is 11.3. The van der Waals surface area contributed by atoms with Crippen LogP contribution in [0.1, 0.15) is 77.7 Å². The fourth-order valence-electron chi connectivity index (χ4n) is 5.06. The van der Waals surface area contributed by atoms with E-state index in [-0.39, 0.29) is 29.1 Å². The van der Waals surface area contributed by atoms with Crippen LogP contribution in [-0.4, -0.2) is 39.2 Å². The van der Waals surface area contributed by atoms with E-state index in [1.54, 1.807) is 12.1 Å². The Balaban J connectivity index is 1.64. The molecule has 1 heterocycles. The maximum absolute atomic E-state index is 13.1. The van der Waals surface area contributed by atoms with Crippen LogP contribution in [0.4, 0.5) is 0 Å². The average Bonchev–Trinajstić information content (AvgIpc) is 3.23. The summed E-state index contributed by atoms with van der Waals surface area (Å²) in [6.45, 7) is 9.48. The van der Waals surface area contributed by atoms with Crippen molar-refractivity contribution in [2.75, 3.05) is 14.1 Å². The molecule has 2 amide bonds. The number of rotatable bonds is 9. The van der Waals surface area contributed by atoms with Gasteiger partial charge in [0.25, 0.3) is 15.9 Å². The number of sulfonamides is 1. The largest absolute Gasteiger partial charge is 0.348 e. The third-order valence-corrected chi connectivity index (χ3v) is 8.40. The number of carbonyl (C=O) groups excluding carboxylic acids is 2. The van der Waals surface area contributed by atoms with Gasteiger partial charge in [-0.05, 0) is 83.1 Å². The van der Waals surface area contributed by atoms with Gasteiger partial charge >= 0.3 is 0 Å². The van der Waals surface area contributed by atoms with Gasteiger partial charge in [0.2, 0.25) is 5.91 Å². The summed E-state index contributed by atoms with van der Waals surface area (Å²) in [5.41, 5.74) is 7.38. The van der Waals surface area contributed by atoms with Gasteiger partial charge in [-0.3, -0.25) is 9.59 Å². The number of fused-ring (bicyclic) bond motifs is 1. The minimum Gasteiger partial charge on any atom is -0.348 e. The monoisotopic (exact) mass is 547 g/mol. The van der Waals surface area contributed by atoms with Gasteiger partial charge in [-0.25, -0.2) is 13.1 Å². The van der Waals surface area contributed by atoms with Crippen molar-refractivity contribution in [2.24, 2.45) is 0 Å². The summed E-state index contributed by atoms with van der Waals surface area (Å²) in [7, 11) is -0.119. The number of amides is 2. The Morgan fingerprint density at radius 3 is 2.10 bits per heavy atom. The van der Waals surface area contributed by atoms with Gasteiger partial charge in [-0.15, -0.1) is 0 Å². The van der Waals surface area contributed by atoms with Crippen molar-refractivity contribution in [1.82, 2.24) is 14.9 Å². The molecule has 3 aromatic carbocycles. The lowest BCUT2D eigenvalue weighted by Gasteiger charge is -2.22. The third-order valence-electron chi connectivity index (χ3n) is 7.01. The summed E-state index contributed by atoms with van der Waals surface area (Å²) in [4.78, 5) is 27.4. The van der Waals surface area contributed by atoms with Gasteiger partial charge < -0.3 is 10.2 Å². The van der Waals surface area contributed by atoms with Crippen molar-refractivity contribution in [3.63, 3.8) is 0 Å². The highest BCUT2D eigenvalue weighted by atomic mass is 32.2. The van der Waals surface area contributed by atoms with E-state index in [1.807, 2.05) is 37.2 Å². The molecule has 0 aliphatic carbocycles. The van der Waals surface area contributed by atoms with Gasteiger partial charge in [0.1, 0.15) is 0 Å². The van der Waals surface area contributed by atoms with Crippen LogP contribution in [0.15, 0.2) is 59.5 Å². The number of nitrogens with one attached hydrogen (secondary N) is 2. The number of hydrogen-bond acceptors (Lipinski definition) is 5. The highest BCUT2D eigenvalue weighted by Crippen LogP contribution is 2.35. The minimum absolute atomic E-state index is 0.0498. The van der Waals surface area contributed by atoms with Crippen molar-refractivity contribution < 1.29 is 18.0 Å². The van der Waals surface area contributed by atoms with Crippen molar-refractivity contribution in [3.8, 4) is 11.1 Å². The molecule has 0 fully saturated rings. The van der Waals surface area contributed by atoms with E-state index >= 15 is 0 Å². The first-order valence-corrected chi connectivity index (χ1v) is 14.7. The zero-order valence-electron chi connectivity index (χ0n) is 23.5. The molecular formula is C31H37N3O4S. The predicted octanol–water partition coefficient (Wildman–Crippen LogP) is 4.95. The summed E-state index contributed by atoms with van der Waals surface area (Å²) in [6, 6.07) is 16.6. The fourth-order valence-corrected chi connectivity index (χ4v) is 6.04. The number of hydrogen-bond donors (Lipinski definition) is 2. The van der Waals surface area contributed by atoms with E-state index in [9.17, 15) is 18.0 Å². The van der Waals surface area contributed by atoms with Gasteiger partial charge in [-0.2, -0.15) is 0 Å². The fraction of sp³-hybridized carbons (Fsp3) is 0.355. The first-order chi connectivity index (χ1) is 18.4. The van der Waals surface area contributed by atoms with Crippen LogP contribution in [-0.2, 0) is 34.3 Å². The zero-order valence-corrected chi connectivity index (χ0v) is 24.3. The van der Waals surface area contributed by atoms with Crippen molar-refractivity contribution in [1.29, 1.82) is 0 Å². The SMILES string of the molecule is CC(C)c1cc(-c2ccc3c(c2)C(=O)NC3)cc(C(C)C)c1CC(=O)NS(=O)(=O)c1ccc(CN(C)C)cc1. The topological polar surface area (TPSA) is 95.6 Å². The van der Waals surface area contributed by atoms with Crippen molar-refractivity contribution >= 4 is 21.8 Å². The summed E-state index contributed by atoms with van der Waals surface area (Å²) < 4.78 is 28.2. The van der Waals surface area contributed by atoms with E-state index in [4.69, 9.17) is 0 Å². The average molecular weight is 548 g/mol. The number of nitrogens with zero attached hydrogens (tertiary/aromatic N) is 1. The molecule has 0 unspecified atom stereocenters. The van der Waals surface area contributed by atoms with Crippen LogP contribution < -0.4 is 10.0 Å². The molecule has 0 aromatic heterocycles. The Hall–Kier alpha value is -3.49. The molecule has 0 radical (unpaired) electrons. The molecule has 1 aliphatic rings. The van der Waals surface area contributed by atoms with E-state index in [0.717, 1.165) is 38.9 Å². The Bertz CT molecular complexity index is 1480. The first kappa shape index (κ1) is 28.5. The lowest BCUT2D eigenvalue weighted by molar-refractivity contribution is -0.118. The molecule has 7 nitrogen and oxygen atoms in total. The zero-order chi connectivity index (χ0) is 28.5. The van der Waals surface area contributed by atoms with Crippen molar-refractivity contribution in [2.45, 2.75) is 63.9 Å². The molecule has 1 aliphatic heterocycles. The second-order valence-corrected chi connectivity index (χ2v) is 12.8. The summed E-state index contributed by atoms with van der Waals surface area (Å²) in [5, 5.41) is 2.86. The molecular weight excluding hydrogens is 510 g/mol. The Morgan fingerprint density at radius 2 is 1.54 bits per heavy atom. The summed E-state index contributed by atoms with van der Waals surface area (Å²) in [5.74, 6) is -0.437. The van der Waals surface area contributed by atoms with Crippen molar-refractivity contribution in [3.05, 3.63) is 88.0 Å². The molecule has 0 saturated heterocycles. The molecule has 0 bridgehead atoms. The smallest absolute Gasteiger partial charge is 0.264 e. The maximum atomic E-state index is 13.1. The quantitative estimate of drug-likeness (QED) is 0.395. The maximum Gasteiger partial charge on any atom is 0.264 e. The van der Waals surface area contributed by atoms with Gasteiger partial charge in [-0.1, -0.05) is 64.1 Å². The van der Waals surface area contributed by atoms with E-state index in [2.05, 4.69) is 49.9 Å². The van der Waals surface area contributed by atoms with Crippen LogP contribution >= 0.6 is 0 Å². The van der Waals surface area contributed by atoms with E-state index < -0.39 is 15.9 Å². The standard InChI is InChI=1S/C31H37N3O4S/c1-19(2)26-14-24(22-9-10-23-17-32-31(36)28(23)13-22)15-27(20(3)4)29(26)16-30(35)33-39(37,38)25-11-7-21(8-12-25)18-34(5)6/h7-15,19-20H,16-18H2,1-6H3,(H,32,36)(H,33,35). The molecule has 0 saturated carbocycles. The Labute approximate surface area is 231 Å². The predicted molar refractivity (Wildman–Crippen MR) is 154 cm³/mol. The van der Waals surface area contributed by atoms with Gasteiger partial charge in [0.15, 0.2) is 0 Å². The highest BCUT2D eigenvalue weighted by molar-refractivity contribution is 7.90. The normalized spacial score (nSPS) is 13.2. The Kier molecular flexibility index (Phi) is 8.28. The first-order valence-electron chi connectivity index (χ1n) is 13.2. The summed E-state index contributed by atoms with van der Waals surface area (Å²) >= 11 is 0. The van der Waals surface area contributed by atoms with Crippen LogP contribution in [0.3, 0.4) is 0 Å². The van der Waals surface area contributed by atoms with Crippen LogP contribution in [0.2, 0.25) is 0 Å². The summed E-state index contributed by atoms with van der Waals surface area (Å²) in [6.07, 6.45) is -0.0498. The van der Waals surface area contributed by atoms with E-state index in [1.165, 1.54) is 12.1 Å². The molecule has 206 valence electrons. The second-order valence-electron chi connectivity index (χ2n) is 11.1. The van der Waals surface area contributed by atoms with Gasteiger partial charge in [0, 0.05) is 18.7 Å². The third kappa shape index (κ3) is 6.40. The number of benzene rings is 3. The Morgan fingerprint density at radius 1 is 0.923 bits per heavy atom. The lowest BCUT2D eigenvalue weighted by Crippen LogP contribution is -2.32. The van der Waals surface area contributed by atoms with Crippen LogP contribution in [0, 0.1) is 0 Å². The van der Waals surface area contributed by atoms with Crippen LogP contribution in [0.5, 0.6) is 0 Å².